The maximum Gasteiger partial charge on any atom is 0.325 e. The van der Waals surface area contributed by atoms with Gasteiger partial charge in [-0.25, -0.2) is 13.6 Å². The molecule has 10 nitrogen and oxygen atoms in total. The molecule has 1 aromatic carbocycles. The summed E-state index contributed by atoms with van der Waals surface area (Å²) in [4.78, 5) is 36.2. The minimum absolute atomic E-state index is 0.0222. The lowest BCUT2D eigenvalue weighted by Gasteiger charge is -2.11. The van der Waals surface area contributed by atoms with E-state index in [0.717, 1.165) is 5.69 Å². The molecule has 0 aliphatic carbocycles. The number of rotatable bonds is 8. The molecule has 2 aromatic heterocycles. The fourth-order valence-corrected chi connectivity index (χ4v) is 3.66. The van der Waals surface area contributed by atoms with Gasteiger partial charge in [0.05, 0.1) is 11.2 Å². The van der Waals surface area contributed by atoms with Crippen molar-refractivity contribution >= 4 is 27.7 Å². The molecule has 11 heteroatoms. The molecular weight excluding hydrogens is 438 g/mol. The molecule has 0 unspecified atom stereocenters. The SMILES string of the molecule is Cc1cc(C(=O)COC(=O)CNC(=O)c2ccco2)c(C)n1-c1ccc(S(N)(=O)=O)cc1. The molecule has 168 valence electrons. The van der Waals surface area contributed by atoms with Crippen molar-refractivity contribution in [2.75, 3.05) is 13.2 Å². The number of furan rings is 1. The van der Waals surface area contributed by atoms with Crippen molar-refractivity contribution in [2.24, 2.45) is 5.14 Å². The fraction of sp³-hybridized carbons (Fsp3) is 0.190. The summed E-state index contributed by atoms with van der Waals surface area (Å²) in [6, 6.07) is 10.6. The van der Waals surface area contributed by atoms with Gasteiger partial charge in [-0.05, 0) is 56.3 Å². The molecule has 0 aliphatic heterocycles. The average molecular weight is 459 g/mol. The Bertz CT molecular complexity index is 1260. The van der Waals surface area contributed by atoms with Crippen LogP contribution in [0.1, 0.15) is 32.3 Å². The second-order valence-electron chi connectivity index (χ2n) is 6.90. The number of nitrogens with one attached hydrogen (secondary N) is 1. The van der Waals surface area contributed by atoms with E-state index >= 15 is 0 Å². The second-order valence-corrected chi connectivity index (χ2v) is 8.46. The normalized spacial score (nSPS) is 11.2. The smallest absolute Gasteiger partial charge is 0.325 e. The van der Waals surface area contributed by atoms with E-state index in [1.807, 2.05) is 0 Å². The Morgan fingerprint density at radius 1 is 1.12 bits per heavy atom. The van der Waals surface area contributed by atoms with Gasteiger partial charge >= 0.3 is 5.97 Å². The number of Topliss-reactive ketones (excluding diaryl/α,β-unsaturated/α-hetero) is 1. The van der Waals surface area contributed by atoms with Crippen LogP contribution in [0.2, 0.25) is 0 Å². The first-order valence-electron chi connectivity index (χ1n) is 9.40. The molecular formula is C21H21N3O7S. The Balaban J connectivity index is 1.64. The third kappa shape index (κ3) is 5.13. The van der Waals surface area contributed by atoms with Crippen LogP contribution >= 0.6 is 0 Å². The van der Waals surface area contributed by atoms with Crippen molar-refractivity contribution in [1.82, 2.24) is 9.88 Å². The molecule has 0 radical (unpaired) electrons. The topological polar surface area (TPSA) is 151 Å². The summed E-state index contributed by atoms with van der Waals surface area (Å²) in [7, 11) is -3.81. The van der Waals surface area contributed by atoms with E-state index in [1.165, 1.54) is 30.5 Å². The van der Waals surface area contributed by atoms with Crippen molar-refractivity contribution < 1.29 is 32.0 Å². The zero-order valence-electron chi connectivity index (χ0n) is 17.3. The summed E-state index contributed by atoms with van der Waals surface area (Å²) in [5.74, 6) is -1.71. The number of aryl methyl sites for hydroxylation is 1. The number of primary sulfonamides is 1. The number of nitrogens with two attached hydrogens (primary N) is 1. The maximum atomic E-state index is 12.6. The van der Waals surface area contributed by atoms with Gasteiger partial charge in [0.25, 0.3) is 5.91 Å². The Morgan fingerprint density at radius 3 is 2.41 bits per heavy atom. The summed E-state index contributed by atoms with van der Waals surface area (Å²) in [5, 5.41) is 7.46. The lowest BCUT2D eigenvalue weighted by Crippen LogP contribution is -2.31. The molecule has 3 aromatic rings. The van der Waals surface area contributed by atoms with Gasteiger partial charge in [0.1, 0.15) is 6.54 Å². The molecule has 0 spiro atoms. The highest BCUT2D eigenvalue weighted by Gasteiger charge is 2.19. The number of aromatic nitrogens is 1. The first kappa shape index (κ1) is 23.0. The molecule has 3 N–H and O–H groups in total. The zero-order valence-corrected chi connectivity index (χ0v) is 18.1. The van der Waals surface area contributed by atoms with Crippen LogP contribution in [0, 0.1) is 13.8 Å². The van der Waals surface area contributed by atoms with Gasteiger partial charge in [0.15, 0.2) is 12.4 Å². The van der Waals surface area contributed by atoms with E-state index in [2.05, 4.69) is 5.32 Å². The van der Waals surface area contributed by atoms with Gasteiger partial charge in [0, 0.05) is 22.6 Å². The van der Waals surface area contributed by atoms with Crippen molar-refractivity contribution in [2.45, 2.75) is 18.7 Å². The van der Waals surface area contributed by atoms with E-state index in [1.54, 1.807) is 36.6 Å². The summed E-state index contributed by atoms with van der Waals surface area (Å²) in [6.45, 7) is 2.60. The van der Waals surface area contributed by atoms with Crippen LogP contribution in [0.25, 0.3) is 5.69 Å². The number of benzene rings is 1. The highest BCUT2D eigenvalue weighted by Crippen LogP contribution is 2.22. The lowest BCUT2D eigenvalue weighted by molar-refractivity contribution is -0.141. The first-order valence-corrected chi connectivity index (χ1v) is 11.0. The van der Waals surface area contributed by atoms with Crippen LogP contribution in [0.15, 0.2) is 58.0 Å². The van der Waals surface area contributed by atoms with E-state index < -0.39 is 40.8 Å². The average Bonchev–Trinajstić information content (AvgIpc) is 3.38. The number of nitrogens with zero attached hydrogens (tertiary/aromatic N) is 1. The van der Waals surface area contributed by atoms with E-state index in [-0.39, 0.29) is 10.7 Å². The summed E-state index contributed by atoms with van der Waals surface area (Å²) >= 11 is 0. The minimum Gasteiger partial charge on any atom is -0.459 e. The van der Waals surface area contributed by atoms with Gasteiger partial charge in [-0.15, -0.1) is 0 Å². The van der Waals surface area contributed by atoms with Crippen LogP contribution in [0.5, 0.6) is 0 Å². The van der Waals surface area contributed by atoms with Crippen LogP contribution in [-0.4, -0.2) is 43.8 Å². The number of ketones is 1. The molecule has 0 saturated heterocycles. The Kier molecular flexibility index (Phi) is 6.61. The van der Waals surface area contributed by atoms with Crippen LogP contribution in [-0.2, 0) is 19.6 Å². The quantitative estimate of drug-likeness (QED) is 0.382. The van der Waals surface area contributed by atoms with E-state index in [9.17, 15) is 22.8 Å². The van der Waals surface area contributed by atoms with E-state index in [4.69, 9.17) is 14.3 Å². The highest BCUT2D eigenvalue weighted by atomic mass is 32.2. The molecule has 0 fully saturated rings. The lowest BCUT2D eigenvalue weighted by atomic mass is 10.1. The maximum absolute atomic E-state index is 12.6. The van der Waals surface area contributed by atoms with Crippen molar-refractivity contribution in [3.8, 4) is 5.69 Å². The molecule has 0 saturated carbocycles. The predicted octanol–water partition coefficient (Wildman–Crippen LogP) is 1.49. The zero-order chi connectivity index (χ0) is 23.5. The molecule has 32 heavy (non-hydrogen) atoms. The third-order valence-electron chi connectivity index (χ3n) is 4.66. The second kappa shape index (κ2) is 9.20. The molecule has 0 atom stereocenters. The number of carbonyl (C=O) groups excluding carboxylic acids is 3. The van der Waals surface area contributed by atoms with Gasteiger partial charge in [0.2, 0.25) is 15.8 Å². The van der Waals surface area contributed by atoms with Gasteiger partial charge in [-0.1, -0.05) is 0 Å². The third-order valence-corrected chi connectivity index (χ3v) is 5.59. The van der Waals surface area contributed by atoms with Gasteiger partial charge in [-0.2, -0.15) is 0 Å². The molecule has 3 rings (SSSR count). The largest absolute Gasteiger partial charge is 0.459 e. The molecule has 0 aliphatic rings. The molecule has 1 amide bonds. The summed E-state index contributed by atoms with van der Waals surface area (Å²) in [6.07, 6.45) is 1.33. The fourth-order valence-electron chi connectivity index (χ4n) is 3.15. The number of amides is 1. The van der Waals surface area contributed by atoms with Crippen LogP contribution in [0.4, 0.5) is 0 Å². The number of esters is 1. The summed E-state index contributed by atoms with van der Waals surface area (Å²) in [5.41, 5.74) is 2.32. The van der Waals surface area contributed by atoms with Crippen molar-refractivity contribution in [3.63, 3.8) is 0 Å². The minimum atomic E-state index is -3.81. The van der Waals surface area contributed by atoms with Crippen molar-refractivity contribution in [1.29, 1.82) is 0 Å². The predicted molar refractivity (Wildman–Crippen MR) is 113 cm³/mol. The van der Waals surface area contributed by atoms with Gasteiger partial charge in [-0.3, -0.25) is 14.4 Å². The Hall–Kier alpha value is -3.70. The number of hydrogen-bond donors (Lipinski definition) is 2. The van der Waals surface area contributed by atoms with Gasteiger partial charge < -0.3 is 19.0 Å². The number of carbonyl (C=O) groups is 3. The van der Waals surface area contributed by atoms with E-state index in [0.29, 0.717) is 16.9 Å². The highest BCUT2D eigenvalue weighted by molar-refractivity contribution is 7.89. The Labute approximate surface area is 184 Å². The first-order chi connectivity index (χ1) is 15.1. The van der Waals surface area contributed by atoms with Crippen LogP contribution < -0.4 is 10.5 Å². The number of sulfonamides is 1. The number of hydrogen-bond acceptors (Lipinski definition) is 7. The van der Waals surface area contributed by atoms with Crippen molar-refractivity contribution in [3.05, 3.63) is 71.4 Å². The van der Waals surface area contributed by atoms with Crippen LogP contribution in [0.3, 0.4) is 0 Å². The molecule has 2 heterocycles. The number of ether oxygens (including phenoxy) is 1. The Morgan fingerprint density at radius 2 is 1.81 bits per heavy atom. The monoisotopic (exact) mass is 459 g/mol. The summed E-state index contributed by atoms with van der Waals surface area (Å²) < 4.78 is 34.5. The molecule has 0 bridgehead atoms. The standard InChI is InChI=1S/C21H21N3O7S/c1-13-10-17(14(2)24(13)15-5-7-16(8-6-15)32(22,28)29)18(25)12-31-20(26)11-23-21(27)19-4-3-9-30-19/h3-10H,11-12H2,1-2H3,(H,23,27)(H2,22,28,29).